The molecule has 78 valence electrons. The predicted molar refractivity (Wildman–Crippen MR) is 53.5 cm³/mol. The van der Waals surface area contributed by atoms with Crippen LogP contribution in [0.3, 0.4) is 0 Å². The van der Waals surface area contributed by atoms with Crippen LogP contribution in [0.5, 0.6) is 0 Å². The highest BCUT2D eigenvalue weighted by atomic mass is 16.5. The molecule has 1 aliphatic rings. The highest BCUT2D eigenvalue weighted by Gasteiger charge is 2.37. The third kappa shape index (κ3) is 1.89. The van der Waals surface area contributed by atoms with Crippen molar-refractivity contribution in [3.8, 4) is 0 Å². The molecule has 0 bridgehead atoms. The molecule has 1 fully saturated rings. The molecule has 1 aromatic heterocycles. The van der Waals surface area contributed by atoms with E-state index in [0.29, 0.717) is 13.2 Å². The lowest BCUT2D eigenvalue weighted by Crippen LogP contribution is -2.45. The number of rotatable bonds is 3. The first kappa shape index (κ1) is 9.86. The maximum atomic E-state index is 10.5. The summed E-state index contributed by atoms with van der Waals surface area (Å²) in [6.07, 6.45) is 6.26. The van der Waals surface area contributed by atoms with E-state index in [9.17, 15) is 4.79 Å². The minimum atomic E-state index is -0.935. The molecule has 4 heteroatoms. The van der Waals surface area contributed by atoms with Crippen molar-refractivity contribution < 1.29 is 14.6 Å². The van der Waals surface area contributed by atoms with E-state index in [1.54, 1.807) is 18.5 Å². The number of carbonyl (C=O) groups is 1. The number of carboxylic acid groups (broad SMARTS) is 1. The van der Waals surface area contributed by atoms with Crippen LogP contribution in [0.1, 0.15) is 5.56 Å². The van der Waals surface area contributed by atoms with Crippen LogP contribution in [0.15, 0.2) is 36.7 Å². The van der Waals surface area contributed by atoms with E-state index in [1.807, 2.05) is 12.1 Å². The third-order valence-corrected chi connectivity index (χ3v) is 2.52. The van der Waals surface area contributed by atoms with Crippen molar-refractivity contribution in [2.45, 2.75) is 5.41 Å². The second kappa shape index (κ2) is 3.82. The highest BCUT2D eigenvalue weighted by Crippen LogP contribution is 2.33. The molecule has 1 aliphatic heterocycles. The molecule has 0 spiro atoms. The van der Waals surface area contributed by atoms with Gasteiger partial charge in [-0.3, -0.25) is 4.98 Å². The van der Waals surface area contributed by atoms with Gasteiger partial charge in [0.1, 0.15) is 0 Å². The summed E-state index contributed by atoms with van der Waals surface area (Å²) in [4.78, 5) is 14.4. The molecule has 2 heterocycles. The van der Waals surface area contributed by atoms with Crippen molar-refractivity contribution in [2.75, 3.05) is 13.2 Å². The minimum absolute atomic E-state index is 0.276. The van der Waals surface area contributed by atoms with Crippen molar-refractivity contribution in [2.24, 2.45) is 0 Å². The van der Waals surface area contributed by atoms with Gasteiger partial charge in [0.15, 0.2) is 0 Å². The predicted octanol–water partition coefficient (Wildman–Crippen LogP) is 0.990. The van der Waals surface area contributed by atoms with Crippen molar-refractivity contribution in [1.82, 2.24) is 4.98 Å². The molecule has 15 heavy (non-hydrogen) atoms. The van der Waals surface area contributed by atoms with Gasteiger partial charge in [-0.05, 0) is 17.7 Å². The van der Waals surface area contributed by atoms with Gasteiger partial charge >= 0.3 is 5.97 Å². The zero-order valence-electron chi connectivity index (χ0n) is 8.09. The lowest BCUT2D eigenvalue weighted by molar-refractivity contribution is -0.131. The van der Waals surface area contributed by atoms with Crippen molar-refractivity contribution in [1.29, 1.82) is 0 Å². The summed E-state index contributed by atoms with van der Waals surface area (Å²) < 4.78 is 5.16. The van der Waals surface area contributed by atoms with Gasteiger partial charge in [-0.1, -0.05) is 6.08 Å². The Bertz CT molecular complexity index is 382. The van der Waals surface area contributed by atoms with Gasteiger partial charge < -0.3 is 9.84 Å². The Morgan fingerprint density at radius 3 is 2.60 bits per heavy atom. The maximum Gasteiger partial charge on any atom is 0.328 e. The van der Waals surface area contributed by atoms with E-state index in [-0.39, 0.29) is 5.41 Å². The standard InChI is InChI=1S/C11H11NO3/c13-10(14)1-4-11(7-15-8-11)9-2-5-12-6-3-9/h1-6H,7-8H2,(H,13,14)/b4-1+. The molecular weight excluding hydrogens is 194 g/mol. The molecule has 0 aliphatic carbocycles. The Hall–Kier alpha value is -1.68. The molecule has 0 amide bonds. The summed E-state index contributed by atoms with van der Waals surface area (Å²) in [5.41, 5.74) is 0.766. The van der Waals surface area contributed by atoms with E-state index < -0.39 is 5.97 Å². The fraction of sp³-hybridized carbons (Fsp3) is 0.273. The lowest BCUT2D eigenvalue weighted by atomic mass is 9.79. The average molecular weight is 205 g/mol. The summed E-state index contributed by atoms with van der Waals surface area (Å²) in [6, 6.07) is 3.77. The Labute approximate surface area is 87.2 Å². The van der Waals surface area contributed by atoms with Crippen molar-refractivity contribution in [3.05, 3.63) is 42.2 Å². The quantitative estimate of drug-likeness (QED) is 0.747. The van der Waals surface area contributed by atoms with Gasteiger partial charge in [-0.25, -0.2) is 4.79 Å². The molecular formula is C11H11NO3. The molecule has 1 aromatic rings. The number of pyridine rings is 1. The summed E-state index contributed by atoms with van der Waals surface area (Å²) in [5, 5.41) is 8.60. The average Bonchev–Trinajstić information content (AvgIpc) is 2.17. The summed E-state index contributed by atoms with van der Waals surface area (Å²) >= 11 is 0. The number of ether oxygens (including phenoxy) is 1. The van der Waals surface area contributed by atoms with Gasteiger partial charge in [-0.15, -0.1) is 0 Å². The molecule has 0 aromatic carbocycles. The monoisotopic (exact) mass is 205 g/mol. The molecule has 0 saturated carbocycles. The Balaban J connectivity index is 2.26. The van der Waals surface area contributed by atoms with E-state index in [4.69, 9.17) is 9.84 Å². The van der Waals surface area contributed by atoms with Gasteiger partial charge in [0, 0.05) is 18.5 Å². The Kier molecular flexibility index (Phi) is 2.51. The fourth-order valence-electron chi connectivity index (χ4n) is 1.60. The first-order chi connectivity index (χ1) is 7.23. The van der Waals surface area contributed by atoms with Gasteiger partial charge in [-0.2, -0.15) is 0 Å². The summed E-state index contributed by atoms with van der Waals surface area (Å²) in [5.74, 6) is -0.935. The van der Waals surface area contributed by atoms with Crippen molar-refractivity contribution >= 4 is 5.97 Å². The summed E-state index contributed by atoms with van der Waals surface area (Å²) in [7, 11) is 0. The van der Waals surface area contributed by atoms with E-state index in [2.05, 4.69) is 4.98 Å². The van der Waals surface area contributed by atoms with Crippen molar-refractivity contribution in [3.63, 3.8) is 0 Å². The SMILES string of the molecule is O=C(O)/C=C/C1(c2ccncc2)COC1. The van der Waals surface area contributed by atoms with Crippen LogP contribution >= 0.6 is 0 Å². The van der Waals surface area contributed by atoms with Gasteiger partial charge in [0.05, 0.1) is 18.6 Å². The topological polar surface area (TPSA) is 59.4 Å². The number of nitrogens with zero attached hydrogens (tertiary/aromatic N) is 1. The normalized spacial score (nSPS) is 18.7. The second-order valence-corrected chi connectivity index (χ2v) is 3.56. The van der Waals surface area contributed by atoms with E-state index >= 15 is 0 Å². The zero-order valence-corrected chi connectivity index (χ0v) is 8.09. The third-order valence-electron chi connectivity index (χ3n) is 2.52. The van der Waals surface area contributed by atoms with Gasteiger partial charge in [0.2, 0.25) is 0 Å². The highest BCUT2D eigenvalue weighted by molar-refractivity contribution is 5.80. The maximum absolute atomic E-state index is 10.5. The van der Waals surface area contributed by atoms with Crippen LogP contribution in [-0.4, -0.2) is 29.3 Å². The first-order valence-corrected chi connectivity index (χ1v) is 4.63. The van der Waals surface area contributed by atoms with Crippen LogP contribution in [0.2, 0.25) is 0 Å². The van der Waals surface area contributed by atoms with E-state index in [1.165, 1.54) is 6.08 Å². The van der Waals surface area contributed by atoms with Crippen LogP contribution in [-0.2, 0) is 14.9 Å². The molecule has 0 atom stereocenters. The number of aromatic nitrogens is 1. The Morgan fingerprint density at radius 1 is 1.47 bits per heavy atom. The second-order valence-electron chi connectivity index (χ2n) is 3.56. The summed E-state index contributed by atoms with van der Waals surface area (Å²) in [6.45, 7) is 1.06. The minimum Gasteiger partial charge on any atom is -0.478 e. The van der Waals surface area contributed by atoms with Crippen LogP contribution < -0.4 is 0 Å². The molecule has 1 N–H and O–H groups in total. The van der Waals surface area contributed by atoms with Gasteiger partial charge in [0.25, 0.3) is 0 Å². The van der Waals surface area contributed by atoms with E-state index in [0.717, 1.165) is 5.56 Å². The largest absolute Gasteiger partial charge is 0.478 e. The first-order valence-electron chi connectivity index (χ1n) is 4.63. The van der Waals surface area contributed by atoms with Crippen LogP contribution in [0, 0.1) is 0 Å². The lowest BCUT2D eigenvalue weighted by Gasteiger charge is -2.39. The molecule has 0 radical (unpaired) electrons. The molecule has 1 saturated heterocycles. The molecule has 0 unspecified atom stereocenters. The number of aliphatic carboxylic acids is 1. The fourth-order valence-corrected chi connectivity index (χ4v) is 1.60. The smallest absolute Gasteiger partial charge is 0.328 e. The van der Waals surface area contributed by atoms with Crippen LogP contribution in [0.25, 0.3) is 0 Å². The Morgan fingerprint density at radius 2 is 2.13 bits per heavy atom. The number of hydrogen-bond acceptors (Lipinski definition) is 3. The van der Waals surface area contributed by atoms with Crippen LogP contribution in [0.4, 0.5) is 0 Å². The molecule has 2 rings (SSSR count). The molecule has 4 nitrogen and oxygen atoms in total. The number of hydrogen-bond donors (Lipinski definition) is 1. The zero-order chi connectivity index (χ0) is 10.7. The number of carboxylic acids is 1.